The Hall–Kier alpha value is -2.24. The number of carboxylic acids is 1. The van der Waals surface area contributed by atoms with E-state index < -0.39 is 11.9 Å². The molecule has 0 saturated heterocycles. The lowest BCUT2D eigenvalue weighted by Crippen LogP contribution is -2.42. The van der Waals surface area contributed by atoms with Crippen LogP contribution < -0.4 is 14.8 Å². The summed E-state index contributed by atoms with van der Waals surface area (Å²) in [5.74, 6) is -0.645. The van der Waals surface area contributed by atoms with Crippen LogP contribution in [-0.4, -0.2) is 36.7 Å². The lowest BCUT2D eigenvalue weighted by Gasteiger charge is -2.18. The van der Waals surface area contributed by atoms with Gasteiger partial charge in [0.15, 0.2) is 18.1 Å². The first-order chi connectivity index (χ1) is 10.1. The minimum Gasteiger partial charge on any atom is -0.493 e. The van der Waals surface area contributed by atoms with E-state index in [-0.39, 0.29) is 18.6 Å². The first kappa shape index (κ1) is 15.2. The lowest BCUT2D eigenvalue weighted by molar-refractivity contribution is -0.142. The van der Waals surface area contributed by atoms with Crippen molar-refractivity contribution in [1.29, 1.82) is 0 Å². The van der Waals surface area contributed by atoms with Gasteiger partial charge in [-0.15, -0.1) is 0 Å². The van der Waals surface area contributed by atoms with Gasteiger partial charge in [0, 0.05) is 6.04 Å². The number of carboxylic acid groups (broad SMARTS) is 1. The SMILES string of the molecule is COc1ccccc1OCC(=O)N[C@@H]1CCC[C@@H]1C(=O)O. The molecule has 21 heavy (non-hydrogen) atoms. The molecule has 0 bridgehead atoms. The molecule has 1 saturated carbocycles. The normalized spacial score (nSPS) is 20.8. The second-order valence-electron chi connectivity index (χ2n) is 4.99. The zero-order valence-corrected chi connectivity index (χ0v) is 11.9. The number of para-hydroxylation sites is 2. The zero-order chi connectivity index (χ0) is 15.2. The predicted molar refractivity (Wildman–Crippen MR) is 75.4 cm³/mol. The fourth-order valence-corrected chi connectivity index (χ4v) is 2.56. The number of hydrogen-bond donors (Lipinski definition) is 2. The fraction of sp³-hybridized carbons (Fsp3) is 0.467. The molecule has 2 atom stereocenters. The fourth-order valence-electron chi connectivity index (χ4n) is 2.56. The Balaban J connectivity index is 1.86. The van der Waals surface area contributed by atoms with Crippen molar-refractivity contribution in [2.75, 3.05) is 13.7 Å². The van der Waals surface area contributed by atoms with Gasteiger partial charge in [-0.25, -0.2) is 0 Å². The monoisotopic (exact) mass is 293 g/mol. The number of benzene rings is 1. The van der Waals surface area contributed by atoms with Crippen molar-refractivity contribution in [3.63, 3.8) is 0 Å². The molecule has 114 valence electrons. The molecule has 1 aromatic carbocycles. The van der Waals surface area contributed by atoms with Gasteiger partial charge < -0.3 is 19.9 Å². The second-order valence-corrected chi connectivity index (χ2v) is 4.99. The van der Waals surface area contributed by atoms with Crippen molar-refractivity contribution < 1.29 is 24.2 Å². The maximum atomic E-state index is 11.9. The molecule has 0 aliphatic heterocycles. The molecular formula is C15H19NO5. The minimum absolute atomic E-state index is 0.163. The number of ether oxygens (including phenoxy) is 2. The molecular weight excluding hydrogens is 274 g/mol. The van der Waals surface area contributed by atoms with Crippen LogP contribution in [0.15, 0.2) is 24.3 Å². The molecule has 6 nitrogen and oxygen atoms in total. The number of aliphatic carboxylic acids is 1. The number of carbonyl (C=O) groups is 2. The van der Waals surface area contributed by atoms with Crippen molar-refractivity contribution in [2.24, 2.45) is 5.92 Å². The van der Waals surface area contributed by atoms with E-state index >= 15 is 0 Å². The van der Waals surface area contributed by atoms with Crippen molar-refractivity contribution >= 4 is 11.9 Å². The van der Waals surface area contributed by atoms with Gasteiger partial charge in [0.1, 0.15) is 0 Å². The number of methoxy groups -OCH3 is 1. The smallest absolute Gasteiger partial charge is 0.308 e. The van der Waals surface area contributed by atoms with E-state index in [9.17, 15) is 9.59 Å². The highest BCUT2D eigenvalue weighted by atomic mass is 16.5. The highest BCUT2D eigenvalue weighted by Gasteiger charge is 2.33. The standard InChI is InChI=1S/C15H19NO5/c1-20-12-7-2-3-8-13(12)21-9-14(17)16-11-6-4-5-10(11)15(18)19/h2-3,7-8,10-11H,4-6,9H2,1H3,(H,16,17)(H,18,19)/t10-,11+/m0/s1. The van der Waals surface area contributed by atoms with Gasteiger partial charge in [-0.2, -0.15) is 0 Å². The van der Waals surface area contributed by atoms with Crippen LogP contribution in [0.4, 0.5) is 0 Å². The maximum Gasteiger partial charge on any atom is 0.308 e. The van der Waals surface area contributed by atoms with Gasteiger partial charge in [0.25, 0.3) is 5.91 Å². The van der Waals surface area contributed by atoms with Crippen molar-refractivity contribution in [3.8, 4) is 11.5 Å². The highest BCUT2D eigenvalue weighted by Crippen LogP contribution is 2.27. The third kappa shape index (κ3) is 3.87. The quantitative estimate of drug-likeness (QED) is 0.829. The highest BCUT2D eigenvalue weighted by molar-refractivity contribution is 5.79. The van der Waals surface area contributed by atoms with Crippen molar-refractivity contribution in [3.05, 3.63) is 24.3 Å². The number of amides is 1. The Morgan fingerprint density at radius 1 is 1.29 bits per heavy atom. The Bertz CT molecular complexity index is 517. The first-order valence-electron chi connectivity index (χ1n) is 6.90. The number of nitrogens with one attached hydrogen (secondary N) is 1. The van der Waals surface area contributed by atoms with Gasteiger partial charge in [0.05, 0.1) is 13.0 Å². The number of rotatable bonds is 6. The van der Waals surface area contributed by atoms with Gasteiger partial charge >= 0.3 is 5.97 Å². The lowest BCUT2D eigenvalue weighted by atomic mass is 10.0. The van der Waals surface area contributed by atoms with Crippen LogP contribution >= 0.6 is 0 Å². The molecule has 0 radical (unpaired) electrons. The minimum atomic E-state index is -0.858. The zero-order valence-electron chi connectivity index (χ0n) is 11.9. The van der Waals surface area contributed by atoms with Crippen LogP contribution in [0.3, 0.4) is 0 Å². The van der Waals surface area contributed by atoms with Crippen molar-refractivity contribution in [1.82, 2.24) is 5.32 Å². The summed E-state index contributed by atoms with van der Waals surface area (Å²) in [4.78, 5) is 22.9. The molecule has 0 spiro atoms. The van der Waals surface area contributed by atoms with E-state index in [2.05, 4.69) is 5.32 Å². The third-order valence-electron chi connectivity index (χ3n) is 3.61. The Kier molecular flexibility index (Phi) is 5.03. The Morgan fingerprint density at radius 3 is 2.67 bits per heavy atom. The van der Waals surface area contributed by atoms with Gasteiger partial charge in [0.2, 0.25) is 0 Å². The summed E-state index contributed by atoms with van der Waals surface area (Å²) in [7, 11) is 1.53. The predicted octanol–water partition coefficient (Wildman–Crippen LogP) is 1.44. The molecule has 1 fully saturated rings. The Morgan fingerprint density at radius 2 is 2.00 bits per heavy atom. The molecule has 0 aromatic heterocycles. The molecule has 1 aromatic rings. The van der Waals surface area contributed by atoms with Crippen molar-refractivity contribution in [2.45, 2.75) is 25.3 Å². The summed E-state index contributed by atoms with van der Waals surface area (Å²) in [6.07, 6.45) is 2.11. The largest absolute Gasteiger partial charge is 0.493 e. The van der Waals surface area contributed by atoms with Crippen LogP contribution in [-0.2, 0) is 9.59 Å². The molecule has 0 heterocycles. The summed E-state index contributed by atoms with van der Waals surface area (Å²) >= 11 is 0. The first-order valence-corrected chi connectivity index (χ1v) is 6.90. The van der Waals surface area contributed by atoms with Crippen LogP contribution in [0.1, 0.15) is 19.3 Å². The number of hydrogen-bond acceptors (Lipinski definition) is 4. The van der Waals surface area contributed by atoms with Crippen LogP contribution in [0, 0.1) is 5.92 Å². The molecule has 1 aliphatic carbocycles. The summed E-state index contributed by atoms with van der Waals surface area (Å²) < 4.78 is 10.5. The average Bonchev–Trinajstić information content (AvgIpc) is 2.93. The van der Waals surface area contributed by atoms with Gasteiger partial charge in [-0.3, -0.25) is 9.59 Å². The molecule has 1 amide bonds. The summed E-state index contributed by atoms with van der Waals surface area (Å²) in [5.41, 5.74) is 0. The van der Waals surface area contributed by atoms with Crippen LogP contribution in [0.2, 0.25) is 0 Å². The van der Waals surface area contributed by atoms with E-state index in [4.69, 9.17) is 14.6 Å². The molecule has 2 N–H and O–H groups in total. The summed E-state index contributed by atoms with van der Waals surface area (Å²) in [6, 6.07) is 6.73. The summed E-state index contributed by atoms with van der Waals surface area (Å²) in [5, 5.41) is 11.8. The van der Waals surface area contributed by atoms with E-state index in [1.807, 2.05) is 6.07 Å². The molecule has 2 rings (SSSR count). The van der Waals surface area contributed by atoms with Gasteiger partial charge in [-0.05, 0) is 25.0 Å². The molecule has 1 aliphatic rings. The number of carbonyl (C=O) groups excluding carboxylic acids is 1. The second kappa shape index (κ2) is 6.97. The average molecular weight is 293 g/mol. The molecule has 0 unspecified atom stereocenters. The molecule has 6 heteroatoms. The maximum absolute atomic E-state index is 11.9. The van der Waals surface area contributed by atoms with Crippen LogP contribution in [0.5, 0.6) is 11.5 Å². The Labute approximate surface area is 123 Å². The summed E-state index contributed by atoms with van der Waals surface area (Å²) in [6.45, 7) is -0.163. The van der Waals surface area contributed by atoms with Gasteiger partial charge in [-0.1, -0.05) is 18.6 Å². The van der Waals surface area contributed by atoms with E-state index in [0.717, 1.165) is 6.42 Å². The topological polar surface area (TPSA) is 84.9 Å². The van der Waals surface area contributed by atoms with Crippen LogP contribution in [0.25, 0.3) is 0 Å². The van der Waals surface area contributed by atoms with E-state index in [1.165, 1.54) is 7.11 Å². The van der Waals surface area contributed by atoms with E-state index in [0.29, 0.717) is 24.3 Å². The third-order valence-corrected chi connectivity index (χ3v) is 3.61. The van der Waals surface area contributed by atoms with E-state index in [1.54, 1.807) is 18.2 Å².